The first-order chi connectivity index (χ1) is 16.5. The molecule has 0 unspecified atom stereocenters. The van der Waals surface area contributed by atoms with Crippen LogP contribution in [0.3, 0.4) is 0 Å². The lowest BCUT2D eigenvalue weighted by molar-refractivity contribution is -0.119. The second-order valence-corrected chi connectivity index (χ2v) is 9.57. The molecule has 0 aromatic heterocycles. The van der Waals surface area contributed by atoms with Gasteiger partial charge in [-0.2, -0.15) is 0 Å². The fourth-order valence-corrected chi connectivity index (χ4v) is 5.07. The van der Waals surface area contributed by atoms with Crippen LogP contribution in [0.15, 0.2) is 102 Å². The Morgan fingerprint density at radius 1 is 0.853 bits per heavy atom. The number of ether oxygens (including phenoxy) is 1. The van der Waals surface area contributed by atoms with E-state index in [1.165, 1.54) is 12.1 Å². The van der Waals surface area contributed by atoms with E-state index in [0.29, 0.717) is 24.6 Å². The lowest BCUT2D eigenvalue weighted by atomic mass is 10.1. The van der Waals surface area contributed by atoms with E-state index < -0.39 is 15.9 Å². The number of para-hydroxylation sites is 1. The van der Waals surface area contributed by atoms with Gasteiger partial charge in [0.1, 0.15) is 12.3 Å². The quantitative estimate of drug-likeness (QED) is 0.380. The average Bonchev–Trinajstić information content (AvgIpc) is 2.87. The van der Waals surface area contributed by atoms with Crippen molar-refractivity contribution >= 4 is 32.4 Å². The van der Waals surface area contributed by atoms with Crippen LogP contribution in [0.4, 0.5) is 5.69 Å². The van der Waals surface area contributed by atoms with E-state index in [9.17, 15) is 13.2 Å². The number of fused-ring (bicyclic) bond motifs is 1. The molecule has 0 bridgehead atoms. The molecule has 0 fully saturated rings. The highest BCUT2D eigenvalue weighted by molar-refractivity contribution is 7.92. The molecule has 0 saturated carbocycles. The second-order valence-electron chi connectivity index (χ2n) is 7.71. The molecular weight excluding hydrogens is 448 g/mol. The number of benzene rings is 4. The summed E-state index contributed by atoms with van der Waals surface area (Å²) in [7, 11) is -3.98. The third-order valence-electron chi connectivity index (χ3n) is 5.36. The summed E-state index contributed by atoms with van der Waals surface area (Å²) in [5.74, 6) is 0.187. The van der Waals surface area contributed by atoms with Gasteiger partial charge in [-0.25, -0.2) is 8.42 Å². The molecule has 0 atom stereocenters. The van der Waals surface area contributed by atoms with E-state index in [0.717, 1.165) is 20.6 Å². The van der Waals surface area contributed by atoms with Crippen LogP contribution in [0, 0.1) is 0 Å². The maximum absolute atomic E-state index is 13.5. The molecule has 0 aliphatic rings. The van der Waals surface area contributed by atoms with Crippen LogP contribution in [-0.2, 0) is 21.4 Å². The first kappa shape index (κ1) is 23.3. The third-order valence-corrected chi connectivity index (χ3v) is 7.15. The van der Waals surface area contributed by atoms with E-state index >= 15 is 0 Å². The minimum Gasteiger partial charge on any atom is -0.494 e. The van der Waals surface area contributed by atoms with Gasteiger partial charge in [0.05, 0.1) is 17.2 Å². The zero-order valence-electron chi connectivity index (χ0n) is 18.8. The fraction of sp³-hybridized carbons (Fsp3) is 0.148. The highest BCUT2D eigenvalue weighted by Crippen LogP contribution is 2.25. The number of amides is 1. The van der Waals surface area contributed by atoms with Crippen LogP contribution >= 0.6 is 0 Å². The molecule has 6 nitrogen and oxygen atoms in total. The molecular formula is C27H26N2O4S. The smallest absolute Gasteiger partial charge is 0.264 e. The highest BCUT2D eigenvalue weighted by Gasteiger charge is 2.27. The summed E-state index contributed by atoms with van der Waals surface area (Å²) >= 11 is 0. The molecule has 4 aromatic carbocycles. The van der Waals surface area contributed by atoms with Crippen molar-refractivity contribution in [3.05, 3.63) is 103 Å². The predicted molar refractivity (Wildman–Crippen MR) is 134 cm³/mol. The Morgan fingerprint density at radius 3 is 2.24 bits per heavy atom. The average molecular weight is 475 g/mol. The molecule has 0 aliphatic carbocycles. The number of carbonyl (C=O) groups is 1. The maximum atomic E-state index is 13.5. The zero-order valence-corrected chi connectivity index (χ0v) is 19.7. The molecule has 0 aliphatic heterocycles. The van der Waals surface area contributed by atoms with Crippen LogP contribution in [0.25, 0.3) is 10.8 Å². The lowest BCUT2D eigenvalue weighted by Gasteiger charge is -2.24. The predicted octanol–water partition coefficient (Wildman–Crippen LogP) is 4.75. The molecule has 0 radical (unpaired) electrons. The molecule has 174 valence electrons. The van der Waals surface area contributed by atoms with Crippen molar-refractivity contribution in [2.45, 2.75) is 18.4 Å². The van der Waals surface area contributed by atoms with Crippen molar-refractivity contribution in [3.8, 4) is 5.75 Å². The van der Waals surface area contributed by atoms with Crippen molar-refractivity contribution in [3.63, 3.8) is 0 Å². The monoisotopic (exact) mass is 474 g/mol. The van der Waals surface area contributed by atoms with E-state index in [-0.39, 0.29) is 11.4 Å². The lowest BCUT2D eigenvalue weighted by Crippen LogP contribution is -2.40. The highest BCUT2D eigenvalue weighted by atomic mass is 32.2. The van der Waals surface area contributed by atoms with Gasteiger partial charge in [0, 0.05) is 6.54 Å². The van der Waals surface area contributed by atoms with Crippen molar-refractivity contribution in [1.82, 2.24) is 5.32 Å². The summed E-state index contributed by atoms with van der Waals surface area (Å²) < 4.78 is 33.5. The molecule has 0 heterocycles. The van der Waals surface area contributed by atoms with Crippen molar-refractivity contribution in [2.24, 2.45) is 0 Å². The number of nitrogens with one attached hydrogen (secondary N) is 1. The molecule has 4 aromatic rings. The van der Waals surface area contributed by atoms with Gasteiger partial charge in [-0.15, -0.1) is 0 Å². The van der Waals surface area contributed by atoms with Gasteiger partial charge in [0.15, 0.2) is 0 Å². The molecule has 0 spiro atoms. The Labute approximate surface area is 199 Å². The maximum Gasteiger partial charge on any atom is 0.264 e. The molecule has 7 heteroatoms. The van der Waals surface area contributed by atoms with Gasteiger partial charge in [-0.1, -0.05) is 54.6 Å². The normalized spacial score (nSPS) is 11.2. The van der Waals surface area contributed by atoms with Crippen LogP contribution in [-0.4, -0.2) is 27.5 Å². The van der Waals surface area contributed by atoms with E-state index in [1.54, 1.807) is 42.5 Å². The first-order valence-electron chi connectivity index (χ1n) is 11.0. The van der Waals surface area contributed by atoms with Crippen LogP contribution < -0.4 is 14.4 Å². The zero-order chi connectivity index (χ0) is 24.0. The van der Waals surface area contributed by atoms with Crippen LogP contribution in [0.5, 0.6) is 5.75 Å². The Hall–Kier alpha value is -3.84. The number of hydrogen-bond acceptors (Lipinski definition) is 4. The Kier molecular flexibility index (Phi) is 7.13. The number of anilines is 1. The number of sulfonamides is 1. The summed E-state index contributed by atoms with van der Waals surface area (Å²) in [6.07, 6.45) is 0. The van der Waals surface area contributed by atoms with Crippen molar-refractivity contribution < 1.29 is 17.9 Å². The molecule has 0 saturated heterocycles. The topological polar surface area (TPSA) is 75.7 Å². The van der Waals surface area contributed by atoms with Crippen LogP contribution in [0.1, 0.15) is 12.5 Å². The van der Waals surface area contributed by atoms with E-state index in [4.69, 9.17) is 4.74 Å². The van der Waals surface area contributed by atoms with Gasteiger partial charge in [0.2, 0.25) is 5.91 Å². The Bertz CT molecular complexity index is 1370. The van der Waals surface area contributed by atoms with Gasteiger partial charge in [0.25, 0.3) is 10.0 Å². The van der Waals surface area contributed by atoms with Crippen molar-refractivity contribution in [2.75, 3.05) is 17.5 Å². The fourth-order valence-electron chi connectivity index (χ4n) is 3.65. The molecule has 1 amide bonds. The standard InChI is InChI=1S/C27H26N2O4S/c1-2-33-25-14-16-26(17-15-25)34(31,32)29(24-10-4-3-5-11-24)20-27(30)28-19-21-12-13-22-8-6-7-9-23(22)18-21/h3-18H,2,19-20H2,1H3,(H,28,30). The number of hydrogen-bond donors (Lipinski definition) is 1. The van der Waals surface area contributed by atoms with E-state index in [1.807, 2.05) is 49.4 Å². The first-order valence-corrected chi connectivity index (χ1v) is 12.5. The second kappa shape index (κ2) is 10.4. The third kappa shape index (κ3) is 5.38. The molecule has 1 N–H and O–H groups in total. The summed E-state index contributed by atoms with van der Waals surface area (Å²) in [6.45, 7) is 2.31. The summed E-state index contributed by atoms with van der Waals surface area (Å²) in [5.41, 5.74) is 1.35. The Morgan fingerprint density at radius 2 is 1.53 bits per heavy atom. The number of carbonyl (C=O) groups excluding carboxylic acids is 1. The van der Waals surface area contributed by atoms with Gasteiger partial charge in [-0.05, 0) is 65.7 Å². The summed E-state index contributed by atoms with van der Waals surface area (Å²) in [6, 6.07) is 28.8. The summed E-state index contributed by atoms with van der Waals surface area (Å²) in [4.78, 5) is 12.9. The van der Waals surface area contributed by atoms with Gasteiger partial charge in [-0.3, -0.25) is 9.10 Å². The largest absolute Gasteiger partial charge is 0.494 e. The minimum atomic E-state index is -3.98. The SMILES string of the molecule is CCOc1ccc(S(=O)(=O)N(CC(=O)NCc2ccc3ccccc3c2)c2ccccc2)cc1. The summed E-state index contributed by atoms with van der Waals surface area (Å²) in [5, 5.41) is 5.05. The van der Waals surface area contributed by atoms with Crippen molar-refractivity contribution in [1.29, 1.82) is 0 Å². The number of nitrogens with zero attached hydrogens (tertiary/aromatic N) is 1. The molecule has 4 rings (SSSR count). The number of rotatable bonds is 9. The minimum absolute atomic E-state index is 0.0853. The molecule has 34 heavy (non-hydrogen) atoms. The Balaban J connectivity index is 1.53. The van der Waals surface area contributed by atoms with Crippen LogP contribution in [0.2, 0.25) is 0 Å². The van der Waals surface area contributed by atoms with Gasteiger partial charge < -0.3 is 10.1 Å². The van der Waals surface area contributed by atoms with E-state index in [2.05, 4.69) is 5.32 Å². The van der Waals surface area contributed by atoms with Gasteiger partial charge >= 0.3 is 0 Å².